The molecule has 0 radical (unpaired) electrons. The highest BCUT2D eigenvalue weighted by atomic mass is 16.2. The Kier molecular flexibility index (Phi) is 5.78. The molecule has 6 nitrogen and oxygen atoms in total. The lowest BCUT2D eigenvalue weighted by atomic mass is 10.1. The van der Waals surface area contributed by atoms with Gasteiger partial charge in [-0.1, -0.05) is 25.1 Å². The lowest BCUT2D eigenvalue weighted by Crippen LogP contribution is -2.33. The van der Waals surface area contributed by atoms with Crippen LogP contribution in [0.15, 0.2) is 36.4 Å². The molecular formula is C22H25N3O3. The van der Waals surface area contributed by atoms with Crippen molar-refractivity contribution in [2.75, 3.05) is 23.3 Å². The summed E-state index contributed by atoms with van der Waals surface area (Å²) in [7, 11) is 0. The molecule has 0 saturated heterocycles. The van der Waals surface area contributed by atoms with Crippen molar-refractivity contribution in [3.8, 4) is 0 Å². The summed E-state index contributed by atoms with van der Waals surface area (Å²) in [6.45, 7) is 6.23. The van der Waals surface area contributed by atoms with Gasteiger partial charge in [0.1, 0.15) is 0 Å². The first-order chi connectivity index (χ1) is 13.4. The van der Waals surface area contributed by atoms with E-state index in [0.717, 1.165) is 34.5 Å². The average molecular weight is 379 g/mol. The Morgan fingerprint density at radius 3 is 2.46 bits per heavy atom. The maximum atomic E-state index is 12.4. The summed E-state index contributed by atoms with van der Waals surface area (Å²) in [6, 6.07) is 11.1. The topological polar surface area (TPSA) is 78.5 Å². The molecule has 0 unspecified atom stereocenters. The first-order valence-corrected chi connectivity index (χ1v) is 9.48. The molecule has 1 aliphatic heterocycles. The van der Waals surface area contributed by atoms with Crippen LogP contribution in [0, 0.1) is 13.8 Å². The van der Waals surface area contributed by atoms with Crippen LogP contribution in [-0.4, -0.2) is 30.8 Å². The van der Waals surface area contributed by atoms with Gasteiger partial charge in [0, 0.05) is 29.9 Å². The van der Waals surface area contributed by atoms with E-state index in [1.54, 1.807) is 17.0 Å². The van der Waals surface area contributed by atoms with Crippen molar-refractivity contribution >= 4 is 29.1 Å². The largest absolute Gasteiger partial charge is 0.343 e. The second-order valence-electron chi connectivity index (χ2n) is 6.99. The third-order valence-electron chi connectivity index (χ3n) is 5.00. The smallest absolute Gasteiger partial charge is 0.251 e. The lowest BCUT2D eigenvalue weighted by molar-refractivity contribution is -0.118. The second-order valence-corrected chi connectivity index (χ2v) is 6.99. The number of hydrogen-bond acceptors (Lipinski definition) is 3. The van der Waals surface area contributed by atoms with E-state index in [1.165, 1.54) is 0 Å². The molecule has 0 spiro atoms. The first-order valence-electron chi connectivity index (χ1n) is 9.48. The van der Waals surface area contributed by atoms with Crippen LogP contribution in [0.4, 0.5) is 11.4 Å². The number of nitrogens with one attached hydrogen (secondary N) is 2. The molecule has 2 aromatic carbocycles. The van der Waals surface area contributed by atoms with Gasteiger partial charge < -0.3 is 15.5 Å². The van der Waals surface area contributed by atoms with Gasteiger partial charge in [0.25, 0.3) is 5.91 Å². The first kappa shape index (κ1) is 19.6. The fourth-order valence-electron chi connectivity index (χ4n) is 3.45. The number of benzene rings is 2. The normalized spacial score (nSPS) is 12.5. The van der Waals surface area contributed by atoms with Crippen LogP contribution in [-0.2, 0) is 16.0 Å². The molecule has 28 heavy (non-hydrogen) atoms. The molecule has 0 aromatic heterocycles. The van der Waals surface area contributed by atoms with Gasteiger partial charge >= 0.3 is 0 Å². The quantitative estimate of drug-likeness (QED) is 0.838. The van der Waals surface area contributed by atoms with Gasteiger partial charge in [-0.2, -0.15) is 0 Å². The molecule has 2 aromatic rings. The molecule has 0 fully saturated rings. The predicted molar refractivity (Wildman–Crippen MR) is 110 cm³/mol. The number of rotatable bonds is 5. The molecule has 3 amide bonds. The van der Waals surface area contributed by atoms with Crippen molar-refractivity contribution in [3.05, 3.63) is 58.7 Å². The van der Waals surface area contributed by atoms with Crippen LogP contribution in [0.25, 0.3) is 0 Å². The van der Waals surface area contributed by atoms with E-state index in [1.807, 2.05) is 45.0 Å². The number of amides is 3. The Morgan fingerprint density at radius 2 is 1.79 bits per heavy atom. The number of nitrogens with zero attached hydrogens (tertiary/aromatic N) is 1. The molecule has 1 heterocycles. The number of carbonyl (C=O) groups excluding carboxylic acids is 3. The number of aryl methyl sites for hydroxylation is 2. The van der Waals surface area contributed by atoms with Crippen molar-refractivity contribution in [2.24, 2.45) is 0 Å². The van der Waals surface area contributed by atoms with Gasteiger partial charge in [0.15, 0.2) is 0 Å². The zero-order valence-corrected chi connectivity index (χ0v) is 16.5. The van der Waals surface area contributed by atoms with E-state index >= 15 is 0 Å². The summed E-state index contributed by atoms with van der Waals surface area (Å²) >= 11 is 0. The Morgan fingerprint density at radius 1 is 1.07 bits per heavy atom. The van der Waals surface area contributed by atoms with Crippen LogP contribution < -0.4 is 15.5 Å². The molecule has 3 rings (SSSR count). The fraction of sp³-hybridized carbons (Fsp3) is 0.318. The molecular weight excluding hydrogens is 354 g/mol. The summed E-state index contributed by atoms with van der Waals surface area (Å²) < 4.78 is 0. The number of para-hydroxylation sites is 1. The summed E-state index contributed by atoms with van der Waals surface area (Å²) in [5, 5.41) is 5.52. The second kappa shape index (κ2) is 8.25. The molecule has 0 atom stereocenters. The summed E-state index contributed by atoms with van der Waals surface area (Å²) in [5.74, 6) is -0.495. The van der Waals surface area contributed by atoms with Crippen LogP contribution in [0.5, 0.6) is 0 Å². The summed E-state index contributed by atoms with van der Waals surface area (Å²) in [5.41, 5.74) is 5.07. The minimum absolute atomic E-state index is 0.0825. The Bertz CT molecular complexity index is 916. The van der Waals surface area contributed by atoms with Crippen molar-refractivity contribution in [2.45, 2.75) is 33.6 Å². The van der Waals surface area contributed by atoms with Gasteiger partial charge in [-0.25, -0.2) is 0 Å². The Labute approximate surface area is 164 Å². The van der Waals surface area contributed by atoms with Crippen molar-refractivity contribution < 1.29 is 14.4 Å². The standard InChI is InChI=1S/C22H25N3O3/c1-4-20(27)25-11-10-16-12-17(8-9-18(16)25)22(28)23-13-19(26)24-21-14(2)6-5-7-15(21)3/h5-9,12H,4,10-11,13H2,1-3H3,(H,23,28)(H,24,26). The molecule has 6 heteroatoms. The zero-order valence-electron chi connectivity index (χ0n) is 16.5. The highest BCUT2D eigenvalue weighted by molar-refractivity contribution is 6.01. The maximum absolute atomic E-state index is 12.4. The number of anilines is 2. The maximum Gasteiger partial charge on any atom is 0.251 e. The highest BCUT2D eigenvalue weighted by Gasteiger charge is 2.24. The van der Waals surface area contributed by atoms with Gasteiger partial charge in [-0.05, 0) is 55.2 Å². The number of hydrogen-bond donors (Lipinski definition) is 2. The number of fused-ring (bicyclic) bond motifs is 1. The van der Waals surface area contributed by atoms with E-state index < -0.39 is 0 Å². The molecule has 146 valence electrons. The molecule has 1 aliphatic rings. The van der Waals surface area contributed by atoms with Crippen molar-refractivity contribution in [3.63, 3.8) is 0 Å². The fourth-order valence-corrected chi connectivity index (χ4v) is 3.45. The monoisotopic (exact) mass is 379 g/mol. The number of carbonyl (C=O) groups is 3. The van der Waals surface area contributed by atoms with Gasteiger partial charge in [0.2, 0.25) is 11.8 Å². The molecule has 2 N–H and O–H groups in total. The minimum Gasteiger partial charge on any atom is -0.343 e. The summed E-state index contributed by atoms with van der Waals surface area (Å²) in [4.78, 5) is 38.4. The third-order valence-corrected chi connectivity index (χ3v) is 5.00. The Balaban J connectivity index is 1.61. The summed E-state index contributed by atoms with van der Waals surface area (Å²) in [6.07, 6.45) is 1.19. The van der Waals surface area contributed by atoms with Gasteiger partial charge in [-0.15, -0.1) is 0 Å². The van der Waals surface area contributed by atoms with E-state index in [2.05, 4.69) is 10.6 Å². The SMILES string of the molecule is CCC(=O)N1CCc2cc(C(=O)NCC(=O)Nc3c(C)cccc3C)ccc21. The van der Waals surface area contributed by atoms with Crippen LogP contribution in [0.1, 0.15) is 40.4 Å². The minimum atomic E-state index is -0.306. The van der Waals surface area contributed by atoms with E-state index in [9.17, 15) is 14.4 Å². The van der Waals surface area contributed by atoms with Gasteiger partial charge in [-0.3, -0.25) is 14.4 Å². The predicted octanol–water partition coefficient (Wildman–Crippen LogP) is 2.97. The van der Waals surface area contributed by atoms with Crippen LogP contribution in [0.2, 0.25) is 0 Å². The average Bonchev–Trinajstić information content (AvgIpc) is 3.11. The third kappa shape index (κ3) is 4.06. The van der Waals surface area contributed by atoms with E-state index in [0.29, 0.717) is 18.5 Å². The zero-order chi connectivity index (χ0) is 20.3. The van der Waals surface area contributed by atoms with Crippen molar-refractivity contribution in [1.29, 1.82) is 0 Å². The van der Waals surface area contributed by atoms with E-state index in [4.69, 9.17) is 0 Å². The lowest BCUT2D eigenvalue weighted by Gasteiger charge is -2.16. The van der Waals surface area contributed by atoms with Gasteiger partial charge in [0.05, 0.1) is 6.54 Å². The van der Waals surface area contributed by atoms with Crippen LogP contribution in [0.3, 0.4) is 0 Å². The molecule has 0 aliphatic carbocycles. The molecule has 0 saturated carbocycles. The Hall–Kier alpha value is -3.15. The molecule has 0 bridgehead atoms. The highest BCUT2D eigenvalue weighted by Crippen LogP contribution is 2.29. The van der Waals surface area contributed by atoms with Crippen LogP contribution >= 0.6 is 0 Å². The van der Waals surface area contributed by atoms with Crippen molar-refractivity contribution in [1.82, 2.24) is 5.32 Å². The van der Waals surface area contributed by atoms with E-state index in [-0.39, 0.29) is 24.3 Å².